The maximum atomic E-state index is 12.9. The molecular weight excluding hydrogens is 502 g/mol. The predicted molar refractivity (Wildman–Crippen MR) is 152 cm³/mol. The van der Waals surface area contributed by atoms with E-state index in [1.54, 1.807) is 12.1 Å². The number of thiocarbonyl (C=S) groups is 1. The molecule has 0 atom stereocenters. The van der Waals surface area contributed by atoms with E-state index in [4.69, 9.17) is 16.6 Å². The van der Waals surface area contributed by atoms with Crippen molar-refractivity contribution in [3.63, 3.8) is 0 Å². The van der Waals surface area contributed by atoms with Crippen LogP contribution in [0.1, 0.15) is 39.9 Å². The van der Waals surface area contributed by atoms with E-state index in [2.05, 4.69) is 15.6 Å². The summed E-state index contributed by atoms with van der Waals surface area (Å²) >= 11 is 5.39. The number of oxazole rings is 1. The van der Waals surface area contributed by atoms with Crippen LogP contribution in [0.2, 0.25) is 0 Å². The van der Waals surface area contributed by atoms with Gasteiger partial charge in [0.15, 0.2) is 10.7 Å². The highest BCUT2D eigenvalue weighted by Gasteiger charge is 2.24. The Labute approximate surface area is 225 Å². The summed E-state index contributed by atoms with van der Waals surface area (Å²) in [5.74, 6) is -0.0384. The summed E-state index contributed by atoms with van der Waals surface area (Å²) in [4.78, 5) is 30.7. The van der Waals surface area contributed by atoms with Gasteiger partial charge in [-0.15, -0.1) is 0 Å². The number of nitro groups is 1. The second-order valence-electron chi connectivity index (χ2n) is 9.46. The fourth-order valence-electron chi connectivity index (χ4n) is 4.66. The molecule has 0 unspecified atom stereocenters. The summed E-state index contributed by atoms with van der Waals surface area (Å²) in [6.45, 7) is 7.51. The molecule has 1 aliphatic heterocycles. The standard InChI is InChI=1S/C28H27N5O4S/c1-16-13-22-25(14-17(16)2)37-27(29-22)20-7-6-8-21(18(20)3)30-28(38)31-26(34)19-9-10-23(24(15-19)33(35)36)32-11-4-5-12-32/h6-10,13-15H,4-5,11-12H2,1-3H3,(H2,30,31,34,38). The van der Waals surface area contributed by atoms with Crippen molar-refractivity contribution in [2.45, 2.75) is 33.6 Å². The number of rotatable bonds is 5. The van der Waals surface area contributed by atoms with E-state index < -0.39 is 10.8 Å². The quantitative estimate of drug-likeness (QED) is 0.182. The number of anilines is 2. The van der Waals surface area contributed by atoms with Gasteiger partial charge in [-0.05, 0) is 98.9 Å². The molecule has 0 aliphatic carbocycles. The van der Waals surface area contributed by atoms with Crippen molar-refractivity contribution in [2.75, 3.05) is 23.3 Å². The summed E-state index contributed by atoms with van der Waals surface area (Å²) in [6, 6.07) is 14.1. The van der Waals surface area contributed by atoms with Crippen LogP contribution >= 0.6 is 12.2 Å². The van der Waals surface area contributed by atoms with Crippen LogP contribution in [0.25, 0.3) is 22.6 Å². The van der Waals surface area contributed by atoms with Gasteiger partial charge in [-0.2, -0.15) is 0 Å². The van der Waals surface area contributed by atoms with Crippen molar-refractivity contribution in [1.82, 2.24) is 10.3 Å². The average molecular weight is 530 g/mol. The number of hydrogen-bond donors (Lipinski definition) is 2. The molecule has 0 spiro atoms. The minimum absolute atomic E-state index is 0.0744. The SMILES string of the molecule is Cc1cc2nc(-c3cccc(NC(=S)NC(=O)c4ccc(N5CCCC5)c([N+](=O)[O-])c4)c3C)oc2cc1C. The summed E-state index contributed by atoms with van der Waals surface area (Å²) < 4.78 is 6.03. The van der Waals surface area contributed by atoms with Crippen LogP contribution in [0.4, 0.5) is 17.1 Å². The maximum Gasteiger partial charge on any atom is 0.293 e. The zero-order chi connectivity index (χ0) is 27.0. The maximum absolute atomic E-state index is 12.9. The minimum atomic E-state index is -0.530. The molecule has 3 aromatic carbocycles. The first-order valence-electron chi connectivity index (χ1n) is 12.3. The van der Waals surface area contributed by atoms with Crippen molar-refractivity contribution in [3.05, 3.63) is 80.9 Å². The third kappa shape index (κ3) is 4.95. The van der Waals surface area contributed by atoms with Gasteiger partial charge in [0, 0.05) is 36.0 Å². The van der Waals surface area contributed by atoms with Gasteiger partial charge < -0.3 is 14.6 Å². The van der Waals surface area contributed by atoms with Gasteiger partial charge in [0.2, 0.25) is 5.89 Å². The molecule has 9 nitrogen and oxygen atoms in total. The van der Waals surface area contributed by atoms with E-state index >= 15 is 0 Å². The second-order valence-corrected chi connectivity index (χ2v) is 9.87. The molecule has 194 valence electrons. The van der Waals surface area contributed by atoms with E-state index in [0.29, 0.717) is 22.8 Å². The molecule has 1 aliphatic rings. The number of aryl methyl sites for hydroxylation is 2. The number of carbonyl (C=O) groups is 1. The Morgan fingerprint density at radius 1 is 1.08 bits per heavy atom. The van der Waals surface area contributed by atoms with Crippen LogP contribution in [0, 0.1) is 30.9 Å². The third-order valence-electron chi connectivity index (χ3n) is 6.92. The van der Waals surface area contributed by atoms with Gasteiger partial charge in [0.05, 0.1) is 4.92 Å². The molecular formula is C28H27N5O4S. The first kappa shape index (κ1) is 25.3. The van der Waals surface area contributed by atoms with Gasteiger partial charge in [0.25, 0.3) is 11.6 Å². The van der Waals surface area contributed by atoms with Crippen molar-refractivity contribution < 1.29 is 14.1 Å². The molecule has 1 amide bonds. The number of fused-ring (bicyclic) bond motifs is 1. The molecule has 0 radical (unpaired) electrons. The Bertz CT molecular complexity index is 1550. The molecule has 38 heavy (non-hydrogen) atoms. The minimum Gasteiger partial charge on any atom is -0.436 e. The monoisotopic (exact) mass is 529 g/mol. The Balaban J connectivity index is 1.33. The van der Waals surface area contributed by atoms with Gasteiger partial charge in [-0.25, -0.2) is 4.98 Å². The van der Waals surface area contributed by atoms with E-state index in [9.17, 15) is 14.9 Å². The second kappa shape index (κ2) is 10.2. The van der Waals surface area contributed by atoms with Gasteiger partial charge >= 0.3 is 0 Å². The lowest BCUT2D eigenvalue weighted by Crippen LogP contribution is -2.34. The Hall–Kier alpha value is -4.31. The highest BCUT2D eigenvalue weighted by atomic mass is 32.1. The molecule has 0 bridgehead atoms. The van der Waals surface area contributed by atoms with Crippen LogP contribution in [-0.4, -0.2) is 34.0 Å². The highest BCUT2D eigenvalue weighted by molar-refractivity contribution is 7.80. The fourth-order valence-corrected chi connectivity index (χ4v) is 4.87. The van der Waals surface area contributed by atoms with Crippen molar-refractivity contribution >= 4 is 51.4 Å². The number of hydrogen-bond acceptors (Lipinski definition) is 7. The number of amides is 1. The molecule has 1 fully saturated rings. The first-order valence-corrected chi connectivity index (χ1v) is 12.8. The summed E-state index contributed by atoms with van der Waals surface area (Å²) in [5, 5.41) is 17.4. The normalized spacial score (nSPS) is 13.1. The predicted octanol–water partition coefficient (Wildman–Crippen LogP) is 6.06. The Morgan fingerprint density at radius 2 is 1.82 bits per heavy atom. The van der Waals surface area contributed by atoms with Crippen LogP contribution < -0.4 is 15.5 Å². The van der Waals surface area contributed by atoms with Gasteiger partial charge in [-0.1, -0.05) is 6.07 Å². The number of carbonyl (C=O) groups excluding carboxylic acids is 1. The van der Waals surface area contributed by atoms with E-state index in [1.165, 1.54) is 6.07 Å². The molecule has 1 saturated heterocycles. The lowest BCUT2D eigenvalue weighted by atomic mass is 10.1. The summed E-state index contributed by atoms with van der Waals surface area (Å²) in [5.41, 5.74) is 6.68. The Morgan fingerprint density at radius 3 is 2.55 bits per heavy atom. The van der Waals surface area contributed by atoms with E-state index in [-0.39, 0.29) is 16.4 Å². The highest BCUT2D eigenvalue weighted by Crippen LogP contribution is 2.33. The van der Waals surface area contributed by atoms with Crippen molar-refractivity contribution in [3.8, 4) is 11.5 Å². The van der Waals surface area contributed by atoms with Gasteiger partial charge in [-0.3, -0.25) is 20.2 Å². The summed E-state index contributed by atoms with van der Waals surface area (Å²) in [7, 11) is 0. The number of aromatic nitrogens is 1. The number of nitro benzene ring substituents is 1. The molecule has 2 heterocycles. The average Bonchev–Trinajstić information content (AvgIpc) is 3.55. The van der Waals surface area contributed by atoms with Crippen LogP contribution in [0.3, 0.4) is 0 Å². The first-order chi connectivity index (χ1) is 18.2. The van der Waals surface area contributed by atoms with E-state index in [0.717, 1.165) is 53.7 Å². The number of nitrogens with zero attached hydrogens (tertiary/aromatic N) is 3. The third-order valence-corrected chi connectivity index (χ3v) is 7.13. The topological polar surface area (TPSA) is 114 Å². The lowest BCUT2D eigenvalue weighted by molar-refractivity contribution is -0.384. The Kier molecular flexibility index (Phi) is 6.81. The molecule has 5 rings (SSSR count). The van der Waals surface area contributed by atoms with Gasteiger partial charge in [0.1, 0.15) is 11.2 Å². The summed E-state index contributed by atoms with van der Waals surface area (Å²) in [6.07, 6.45) is 1.98. The zero-order valence-electron chi connectivity index (χ0n) is 21.3. The smallest absolute Gasteiger partial charge is 0.293 e. The lowest BCUT2D eigenvalue weighted by Gasteiger charge is -2.18. The largest absolute Gasteiger partial charge is 0.436 e. The van der Waals surface area contributed by atoms with Crippen molar-refractivity contribution in [2.24, 2.45) is 0 Å². The number of benzene rings is 3. The molecule has 2 N–H and O–H groups in total. The number of nitrogens with one attached hydrogen (secondary N) is 2. The van der Waals surface area contributed by atoms with E-state index in [1.807, 2.05) is 56.0 Å². The molecule has 10 heteroatoms. The van der Waals surface area contributed by atoms with Crippen LogP contribution in [-0.2, 0) is 0 Å². The molecule has 1 aromatic heterocycles. The fraction of sp³-hybridized carbons (Fsp3) is 0.250. The van der Waals surface area contributed by atoms with Crippen LogP contribution in [0.15, 0.2) is 52.9 Å². The molecule has 4 aromatic rings. The van der Waals surface area contributed by atoms with Crippen molar-refractivity contribution in [1.29, 1.82) is 0 Å². The zero-order valence-corrected chi connectivity index (χ0v) is 22.1. The molecule has 0 saturated carbocycles. The van der Waals surface area contributed by atoms with Crippen LogP contribution in [0.5, 0.6) is 0 Å².